The lowest BCUT2D eigenvalue weighted by molar-refractivity contribution is -0.121. The first kappa shape index (κ1) is 9.98. The van der Waals surface area contributed by atoms with Gasteiger partial charge in [0, 0.05) is 19.1 Å². The lowest BCUT2D eigenvalue weighted by Gasteiger charge is -2.29. The van der Waals surface area contributed by atoms with E-state index in [1.165, 1.54) is 0 Å². The number of nitrogens with two attached hydrogens (primary N) is 1. The Bertz CT molecular complexity index is 188. The highest BCUT2D eigenvalue weighted by atomic mass is 16.2. The molecule has 3 N–H and O–H groups in total. The number of carbonyl (C=O) groups excluding carboxylic acids is 2. The van der Waals surface area contributed by atoms with Crippen molar-refractivity contribution in [2.24, 2.45) is 5.73 Å². The van der Waals surface area contributed by atoms with E-state index in [1.54, 1.807) is 4.90 Å². The van der Waals surface area contributed by atoms with Crippen molar-refractivity contribution in [1.29, 1.82) is 0 Å². The Morgan fingerprint density at radius 2 is 2.15 bits per heavy atom. The maximum absolute atomic E-state index is 10.9. The Labute approximate surface area is 77.3 Å². The number of hydrogen-bond donors (Lipinski definition) is 2. The number of hydrogen-bond acceptors (Lipinski definition) is 3. The van der Waals surface area contributed by atoms with Gasteiger partial charge in [0.2, 0.25) is 12.3 Å². The summed E-state index contributed by atoms with van der Waals surface area (Å²) in [4.78, 5) is 23.0. The largest absolute Gasteiger partial charge is 0.352 e. The van der Waals surface area contributed by atoms with E-state index in [0.717, 1.165) is 32.3 Å². The predicted molar refractivity (Wildman–Crippen MR) is 47.9 cm³/mol. The van der Waals surface area contributed by atoms with Crippen LogP contribution in [-0.2, 0) is 9.59 Å². The summed E-state index contributed by atoms with van der Waals surface area (Å²) in [6.45, 7) is 1.48. The first-order chi connectivity index (χ1) is 6.26. The Morgan fingerprint density at radius 3 is 2.62 bits per heavy atom. The van der Waals surface area contributed by atoms with Crippen LogP contribution in [0.3, 0.4) is 0 Å². The fourth-order valence-corrected chi connectivity index (χ4v) is 1.44. The summed E-state index contributed by atoms with van der Waals surface area (Å²) >= 11 is 0. The summed E-state index contributed by atoms with van der Waals surface area (Å²) < 4.78 is 0. The zero-order valence-corrected chi connectivity index (χ0v) is 7.53. The van der Waals surface area contributed by atoms with Crippen molar-refractivity contribution in [1.82, 2.24) is 10.2 Å². The number of nitrogens with zero attached hydrogens (tertiary/aromatic N) is 1. The molecule has 1 aliphatic heterocycles. The molecule has 0 aromatic rings. The summed E-state index contributed by atoms with van der Waals surface area (Å²) in [6, 6.07) is 0.187. The van der Waals surface area contributed by atoms with Crippen molar-refractivity contribution in [3.05, 3.63) is 0 Å². The Morgan fingerprint density at radius 1 is 1.54 bits per heavy atom. The first-order valence-corrected chi connectivity index (χ1v) is 4.45. The molecule has 0 aromatic carbocycles. The van der Waals surface area contributed by atoms with Crippen LogP contribution in [-0.4, -0.2) is 42.9 Å². The van der Waals surface area contributed by atoms with Gasteiger partial charge in [-0.05, 0) is 12.8 Å². The van der Waals surface area contributed by atoms with Crippen LogP contribution in [0.25, 0.3) is 0 Å². The minimum Gasteiger partial charge on any atom is -0.352 e. The molecule has 0 saturated carbocycles. The van der Waals surface area contributed by atoms with Crippen LogP contribution in [0.2, 0.25) is 0 Å². The molecule has 0 atom stereocenters. The van der Waals surface area contributed by atoms with Crippen molar-refractivity contribution in [2.45, 2.75) is 18.9 Å². The monoisotopic (exact) mass is 185 g/mol. The van der Waals surface area contributed by atoms with Crippen LogP contribution in [0, 0.1) is 0 Å². The van der Waals surface area contributed by atoms with Gasteiger partial charge in [-0.15, -0.1) is 0 Å². The third-order valence-corrected chi connectivity index (χ3v) is 2.23. The van der Waals surface area contributed by atoms with E-state index in [1.807, 2.05) is 0 Å². The average molecular weight is 185 g/mol. The number of rotatable bonds is 3. The normalized spacial score (nSPS) is 18.4. The zero-order valence-electron chi connectivity index (χ0n) is 7.53. The summed E-state index contributed by atoms with van der Waals surface area (Å²) in [5.41, 5.74) is 5.16. The lowest BCUT2D eigenvalue weighted by atomic mass is 10.1. The summed E-state index contributed by atoms with van der Waals surface area (Å²) in [7, 11) is 0. The molecular formula is C8H15N3O2. The zero-order chi connectivity index (χ0) is 9.68. The summed E-state index contributed by atoms with van der Waals surface area (Å²) in [6.07, 6.45) is 2.50. The maximum Gasteiger partial charge on any atom is 0.233 e. The van der Waals surface area contributed by atoms with E-state index in [-0.39, 0.29) is 18.5 Å². The molecule has 13 heavy (non-hydrogen) atoms. The van der Waals surface area contributed by atoms with E-state index in [9.17, 15) is 9.59 Å². The highest BCUT2D eigenvalue weighted by molar-refractivity contribution is 5.78. The second-order valence-corrected chi connectivity index (χ2v) is 3.19. The van der Waals surface area contributed by atoms with Crippen LogP contribution in [0.5, 0.6) is 0 Å². The van der Waals surface area contributed by atoms with Crippen LogP contribution >= 0.6 is 0 Å². The Kier molecular flexibility index (Phi) is 3.70. The van der Waals surface area contributed by atoms with Gasteiger partial charge in [-0.25, -0.2) is 0 Å². The van der Waals surface area contributed by atoms with Crippen molar-refractivity contribution in [3.63, 3.8) is 0 Å². The first-order valence-electron chi connectivity index (χ1n) is 4.45. The molecule has 5 nitrogen and oxygen atoms in total. The van der Waals surface area contributed by atoms with E-state index >= 15 is 0 Å². The summed E-state index contributed by atoms with van der Waals surface area (Å²) in [5.74, 6) is -0.121. The third kappa shape index (κ3) is 3.02. The Hall–Kier alpha value is -1.10. The van der Waals surface area contributed by atoms with Crippen molar-refractivity contribution < 1.29 is 9.59 Å². The number of nitrogens with one attached hydrogen (secondary N) is 1. The molecule has 1 heterocycles. The SMILES string of the molecule is NCC(=O)NC1CCN(C=O)CC1. The van der Waals surface area contributed by atoms with Gasteiger partial charge in [-0.3, -0.25) is 9.59 Å². The van der Waals surface area contributed by atoms with Gasteiger partial charge >= 0.3 is 0 Å². The minimum atomic E-state index is -0.121. The number of piperidine rings is 1. The van der Waals surface area contributed by atoms with Crippen molar-refractivity contribution in [2.75, 3.05) is 19.6 Å². The van der Waals surface area contributed by atoms with Gasteiger partial charge in [0.25, 0.3) is 0 Å². The lowest BCUT2D eigenvalue weighted by Crippen LogP contribution is -2.45. The van der Waals surface area contributed by atoms with Gasteiger partial charge in [0.15, 0.2) is 0 Å². The number of amides is 2. The fraction of sp³-hybridized carbons (Fsp3) is 0.750. The van der Waals surface area contributed by atoms with Crippen molar-refractivity contribution in [3.8, 4) is 0 Å². The second-order valence-electron chi connectivity index (χ2n) is 3.19. The minimum absolute atomic E-state index is 0.0356. The standard InChI is InChI=1S/C8H15N3O2/c9-5-8(13)10-7-1-3-11(6-12)4-2-7/h6-7H,1-5,9H2,(H,10,13). The highest BCUT2D eigenvalue weighted by Crippen LogP contribution is 2.07. The van der Waals surface area contributed by atoms with Gasteiger partial charge < -0.3 is 16.0 Å². The van der Waals surface area contributed by atoms with Gasteiger partial charge in [0.05, 0.1) is 6.54 Å². The highest BCUT2D eigenvalue weighted by Gasteiger charge is 2.18. The van der Waals surface area contributed by atoms with Crippen LogP contribution < -0.4 is 11.1 Å². The van der Waals surface area contributed by atoms with Crippen LogP contribution in [0.1, 0.15) is 12.8 Å². The van der Waals surface area contributed by atoms with Gasteiger partial charge in [0.1, 0.15) is 0 Å². The van der Waals surface area contributed by atoms with Gasteiger partial charge in [-0.2, -0.15) is 0 Å². The van der Waals surface area contributed by atoms with Crippen molar-refractivity contribution >= 4 is 12.3 Å². The van der Waals surface area contributed by atoms with E-state index in [4.69, 9.17) is 5.73 Å². The molecule has 0 radical (unpaired) electrons. The van der Waals surface area contributed by atoms with Gasteiger partial charge in [-0.1, -0.05) is 0 Å². The van der Waals surface area contributed by atoms with E-state index in [2.05, 4.69) is 5.32 Å². The molecule has 0 aliphatic carbocycles. The fourth-order valence-electron chi connectivity index (χ4n) is 1.44. The quantitative estimate of drug-likeness (QED) is 0.536. The smallest absolute Gasteiger partial charge is 0.233 e. The second kappa shape index (κ2) is 4.81. The molecule has 74 valence electrons. The molecule has 0 spiro atoms. The summed E-state index contributed by atoms with van der Waals surface area (Å²) in [5, 5.41) is 2.81. The van der Waals surface area contributed by atoms with Crippen LogP contribution in [0.15, 0.2) is 0 Å². The molecule has 0 bridgehead atoms. The molecule has 1 saturated heterocycles. The number of likely N-dealkylation sites (tertiary alicyclic amines) is 1. The molecule has 0 unspecified atom stereocenters. The molecule has 1 aliphatic rings. The molecule has 0 aromatic heterocycles. The molecule has 5 heteroatoms. The number of carbonyl (C=O) groups is 2. The third-order valence-electron chi connectivity index (χ3n) is 2.23. The van der Waals surface area contributed by atoms with E-state index < -0.39 is 0 Å². The topological polar surface area (TPSA) is 75.4 Å². The van der Waals surface area contributed by atoms with E-state index in [0.29, 0.717) is 0 Å². The Balaban J connectivity index is 2.24. The molecular weight excluding hydrogens is 170 g/mol. The molecule has 1 fully saturated rings. The predicted octanol–water partition coefficient (Wildman–Crippen LogP) is -1.32. The van der Waals surface area contributed by atoms with Crippen LogP contribution in [0.4, 0.5) is 0 Å². The maximum atomic E-state index is 10.9. The molecule has 2 amide bonds. The molecule has 1 rings (SSSR count). The average Bonchev–Trinajstić information content (AvgIpc) is 2.19.